The number of aliphatic hydroxyl groups is 1. The molecule has 7 heteroatoms. The predicted octanol–water partition coefficient (Wildman–Crippen LogP) is 5.61. The summed E-state index contributed by atoms with van der Waals surface area (Å²) in [6.07, 6.45) is -3.79. The molecule has 1 heterocycles. The predicted molar refractivity (Wildman–Crippen MR) is 119 cm³/mol. The van der Waals surface area contributed by atoms with E-state index in [0.29, 0.717) is 17.7 Å². The van der Waals surface area contributed by atoms with Crippen LogP contribution in [0.25, 0.3) is 27.5 Å². The Kier molecular flexibility index (Phi) is 5.69. The summed E-state index contributed by atoms with van der Waals surface area (Å²) >= 11 is 0. The Balaban J connectivity index is 1.87. The summed E-state index contributed by atoms with van der Waals surface area (Å²) in [5.41, 5.74) is 3.01. The van der Waals surface area contributed by atoms with Crippen molar-refractivity contribution in [2.75, 3.05) is 6.61 Å². The van der Waals surface area contributed by atoms with Crippen molar-refractivity contribution >= 4 is 27.7 Å². The molecule has 0 saturated heterocycles. The molecule has 4 nitrogen and oxygen atoms in total. The number of aromatic nitrogens is 1. The van der Waals surface area contributed by atoms with Crippen LogP contribution in [0.3, 0.4) is 0 Å². The molecule has 1 amide bonds. The van der Waals surface area contributed by atoms with E-state index >= 15 is 0 Å². The Bertz CT molecular complexity index is 1290. The molecule has 0 spiro atoms. The van der Waals surface area contributed by atoms with Crippen LogP contribution in [0.4, 0.5) is 13.2 Å². The monoisotopic (exact) mass is 440 g/mol. The van der Waals surface area contributed by atoms with Gasteiger partial charge in [-0.15, -0.1) is 0 Å². The van der Waals surface area contributed by atoms with E-state index in [4.69, 9.17) is 0 Å². The molecule has 0 bridgehead atoms. The van der Waals surface area contributed by atoms with E-state index in [0.717, 1.165) is 39.5 Å². The molecule has 166 valence electrons. The first-order chi connectivity index (χ1) is 15.2. The van der Waals surface area contributed by atoms with Gasteiger partial charge in [0, 0.05) is 22.0 Å². The van der Waals surface area contributed by atoms with Gasteiger partial charge in [0.25, 0.3) is 5.91 Å². The smallest absolute Gasteiger partial charge is 0.394 e. The lowest BCUT2D eigenvalue weighted by atomic mass is 10.1. The summed E-state index contributed by atoms with van der Waals surface area (Å²) in [6.45, 7) is 3.70. The molecular weight excluding hydrogens is 417 g/mol. The van der Waals surface area contributed by atoms with E-state index < -0.39 is 11.7 Å². The van der Waals surface area contributed by atoms with Crippen molar-refractivity contribution in [2.24, 2.45) is 0 Å². The van der Waals surface area contributed by atoms with Crippen LogP contribution in [-0.4, -0.2) is 28.2 Å². The first-order valence-electron chi connectivity index (χ1n) is 10.4. The van der Waals surface area contributed by atoms with Crippen molar-refractivity contribution < 1.29 is 23.1 Å². The number of carbonyl (C=O) groups is 1. The average Bonchev–Trinajstić information content (AvgIpc) is 3.09. The maximum absolute atomic E-state index is 13.0. The summed E-state index contributed by atoms with van der Waals surface area (Å²) in [6, 6.07) is 15.9. The van der Waals surface area contributed by atoms with Crippen LogP contribution in [0.2, 0.25) is 0 Å². The maximum atomic E-state index is 13.0. The lowest BCUT2D eigenvalue weighted by molar-refractivity contribution is -0.137. The number of rotatable bonds is 5. The zero-order valence-electron chi connectivity index (χ0n) is 17.7. The van der Waals surface area contributed by atoms with E-state index in [2.05, 4.69) is 5.32 Å². The minimum Gasteiger partial charge on any atom is -0.394 e. The zero-order valence-corrected chi connectivity index (χ0v) is 17.7. The molecule has 0 saturated carbocycles. The van der Waals surface area contributed by atoms with Gasteiger partial charge in [-0.2, -0.15) is 13.2 Å². The largest absolute Gasteiger partial charge is 0.416 e. The lowest BCUT2D eigenvalue weighted by Crippen LogP contribution is -2.36. The van der Waals surface area contributed by atoms with Gasteiger partial charge in [0.1, 0.15) is 0 Å². The molecule has 0 aliphatic carbocycles. The van der Waals surface area contributed by atoms with Crippen LogP contribution in [0.15, 0.2) is 60.7 Å². The normalized spacial score (nSPS) is 12.9. The summed E-state index contributed by atoms with van der Waals surface area (Å²) in [4.78, 5) is 12.7. The average molecular weight is 440 g/mol. The van der Waals surface area contributed by atoms with Crippen molar-refractivity contribution in [3.63, 3.8) is 0 Å². The number of benzene rings is 3. The molecular formula is C25H23F3N2O2. The van der Waals surface area contributed by atoms with Gasteiger partial charge in [-0.25, -0.2) is 0 Å². The number of carbonyl (C=O) groups excluding carboxylic acids is 1. The molecule has 0 radical (unpaired) electrons. The Morgan fingerprint density at radius 1 is 1.00 bits per heavy atom. The van der Waals surface area contributed by atoms with Crippen molar-refractivity contribution in [2.45, 2.75) is 32.5 Å². The third kappa shape index (κ3) is 3.96. The quantitative estimate of drug-likeness (QED) is 0.424. The van der Waals surface area contributed by atoms with Gasteiger partial charge in [-0.3, -0.25) is 4.79 Å². The van der Waals surface area contributed by atoms with Crippen LogP contribution in [-0.2, 0) is 6.18 Å². The first kappa shape index (κ1) is 21.9. The van der Waals surface area contributed by atoms with Crippen molar-refractivity contribution in [1.29, 1.82) is 0 Å². The summed E-state index contributed by atoms with van der Waals surface area (Å²) < 4.78 is 40.9. The number of alkyl halides is 3. The topological polar surface area (TPSA) is 54.3 Å². The van der Waals surface area contributed by atoms with Gasteiger partial charge >= 0.3 is 6.18 Å². The molecule has 3 aromatic carbocycles. The highest BCUT2D eigenvalue weighted by Gasteiger charge is 2.30. The maximum Gasteiger partial charge on any atom is 0.416 e. The van der Waals surface area contributed by atoms with Crippen LogP contribution < -0.4 is 5.32 Å². The fraction of sp³-hybridized carbons (Fsp3) is 0.240. The van der Waals surface area contributed by atoms with Crippen LogP contribution in [0.1, 0.15) is 34.8 Å². The van der Waals surface area contributed by atoms with E-state index in [1.807, 2.05) is 36.6 Å². The first-order valence-corrected chi connectivity index (χ1v) is 10.4. The second-order valence-electron chi connectivity index (χ2n) is 7.89. The van der Waals surface area contributed by atoms with E-state index in [1.165, 1.54) is 12.1 Å². The van der Waals surface area contributed by atoms with Gasteiger partial charge < -0.3 is 15.0 Å². The lowest BCUT2D eigenvalue weighted by Gasteiger charge is -2.14. The number of hydrogen-bond donors (Lipinski definition) is 2. The van der Waals surface area contributed by atoms with Gasteiger partial charge in [0.2, 0.25) is 0 Å². The van der Waals surface area contributed by atoms with E-state index in [-0.39, 0.29) is 18.6 Å². The molecule has 0 aliphatic heterocycles. The van der Waals surface area contributed by atoms with Crippen molar-refractivity contribution in [1.82, 2.24) is 9.88 Å². The number of nitrogens with zero attached hydrogens (tertiary/aromatic N) is 1. The number of amides is 1. The molecule has 4 aromatic rings. The number of aliphatic hydroxyl groups excluding tert-OH is 1. The highest BCUT2D eigenvalue weighted by atomic mass is 19.4. The highest BCUT2D eigenvalue weighted by molar-refractivity contribution is 6.11. The Morgan fingerprint density at radius 3 is 2.22 bits per heavy atom. The third-order valence-electron chi connectivity index (χ3n) is 5.68. The molecule has 32 heavy (non-hydrogen) atoms. The van der Waals surface area contributed by atoms with Gasteiger partial charge in [-0.05, 0) is 67.9 Å². The number of halogens is 3. The van der Waals surface area contributed by atoms with Crippen molar-refractivity contribution in [3.05, 3.63) is 77.4 Å². The SMILES string of the molecule is CCC(CO)NC(=O)c1ccc2c(c1)c1cc(C)ccc1n2-c1ccc(C(F)(F)F)cc1. The minimum atomic E-state index is -4.40. The third-order valence-corrected chi connectivity index (χ3v) is 5.68. The van der Waals surface area contributed by atoms with Crippen LogP contribution in [0.5, 0.6) is 0 Å². The van der Waals surface area contributed by atoms with Gasteiger partial charge in [-0.1, -0.05) is 18.6 Å². The number of aryl methyl sites for hydroxylation is 1. The molecule has 1 unspecified atom stereocenters. The summed E-state index contributed by atoms with van der Waals surface area (Å²) in [5.74, 6) is -0.282. The number of nitrogens with one attached hydrogen (secondary N) is 1. The summed E-state index contributed by atoms with van der Waals surface area (Å²) in [5, 5.41) is 13.9. The fourth-order valence-electron chi connectivity index (χ4n) is 3.90. The second kappa shape index (κ2) is 8.31. The van der Waals surface area contributed by atoms with Crippen molar-refractivity contribution in [3.8, 4) is 5.69 Å². The van der Waals surface area contributed by atoms with Gasteiger partial charge in [0.15, 0.2) is 0 Å². The highest BCUT2D eigenvalue weighted by Crippen LogP contribution is 2.35. The Morgan fingerprint density at radius 2 is 1.62 bits per heavy atom. The van der Waals surface area contributed by atoms with E-state index in [9.17, 15) is 23.1 Å². The molecule has 2 N–H and O–H groups in total. The van der Waals surface area contributed by atoms with E-state index in [1.54, 1.807) is 18.2 Å². The molecule has 1 aromatic heterocycles. The fourth-order valence-corrected chi connectivity index (χ4v) is 3.90. The molecule has 1 atom stereocenters. The van der Waals surface area contributed by atoms with Crippen LogP contribution >= 0.6 is 0 Å². The Labute approximate surface area is 183 Å². The second-order valence-corrected chi connectivity index (χ2v) is 7.89. The zero-order chi connectivity index (χ0) is 23.0. The molecule has 0 fully saturated rings. The Hall–Kier alpha value is -3.32. The number of fused-ring (bicyclic) bond motifs is 3. The molecule has 4 rings (SSSR count). The number of hydrogen-bond acceptors (Lipinski definition) is 2. The summed E-state index contributed by atoms with van der Waals surface area (Å²) in [7, 11) is 0. The van der Waals surface area contributed by atoms with Crippen LogP contribution in [0, 0.1) is 6.92 Å². The standard InChI is InChI=1S/C25H23F3N2O2/c1-3-18(14-31)29-24(32)16-5-11-23-21(13-16)20-12-15(2)4-10-22(20)30(23)19-8-6-17(7-9-19)25(26,27)28/h4-13,18,31H,3,14H2,1-2H3,(H,29,32). The van der Waals surface area contributed by atoms with Gasteiger partial charge in [0.05, 0.1) is 29.2 Å². The minimum absolute atomic E-state index is 0.142. The molecule has 0 aliphatic rings.